The lowest BCUT2D eigenvalue weighted by atomic mass is 10.0. The Kier molecular flexibility index (Phi) is 7.33. The molecule has 9 heteroatoms. The van der Waals surface area contributed by atoms with E-state index < -0.39 is 22.0 Å². The van der Waals surface area contributed by atoms with Gasteiger partial charge in [-0.15, -0.1) is 0 Å². The number of nitrogens with zero attached hydrogens (tertiary/aromatic N) is 2. The molecule has 5 rings (SSSR count). The van der Waals surface area contributed by atoms with Crippen LogP contribution in [0.3, 0.4) is 0 Å². The summed E-state index contributed by atoms with van der Waals surface area (Å²) in [5.41, 5.74) is 3.40. The third kappa shape index (κ3) is 5.63. The third-order valence-corrected chi connectivity index (χ3v) is 8.30. The minimum absolute atomic E-state index is 0.0109. The van der Waals surface area contributed by atoms with Crippen LogP contribution in [-0.2, 0) is 16.4 Å². The van der Waals surface area contributed by atoms with Crippen LogP contribution < -0.4 is 14.4 Å². The summed E-state index contributed by atoms with van der Waals surface area (Å²) < 4.78 is 33.1. The quantitative estimate of drug-likeness (QED) is 0.270. The number of ether oxygens (including phenoxy) is 1. The number of sulfonamides is 1. The van der Waals surface area contributed by atoms with E-state index in [-0.39, 0.29) is 10.5 Å². The van der Waals surface area contributed by atoms with Crippen molar-refractivity contribution in [2.75, 3.05) is 18.5 Å². The third-order valence-electron chi connectivity index (χ3n) is 6.52. The highest BCUT2D eigenvalue weighted by molar-refractivity contribution is 7.92. The van der Waals surface area contributed by atoms with Gasteiger partial charge in [0, 0.05) is 12.6 Å². The highest BCUT2D eigenvalue weighted by Crippen LogP contribution is 2.25. The lowest BCUT2D eigenvalue weighted by Crippen LogP contribution is -2.31. The number of carbonyl (C=O) groups excluding carboxylic acids is 1. The summed E-state index contributed by atoms with van der Waals surface area (Å²) in [4.78, 5) is 21.5. The van der Waals surface area contributed by atoms with Gasteiger partial charge in [0.25, 0.3) is 15.9 Å². The summed E-state index contributed by atoms with van der Waals surface area (Å²) in [6.45, 7) is 0. The molecule has 1 aromatic heterocycles. The van der Waals surface area contributed by atoms with Gasteiger partial charge in [0.2, 0.25) is 0 Å². The Morgan fingerprint density at radius 3 is 2.38 bits per heavy atom. The number of para-hydroxylation sites is 2. The molecule has 198 valence electrons. The molecule has 0 spiro atoms. The Bertz CT molecular complexity index is 1670. The summed E-state index contributed by atoms with van der Waals surface area (Å²) in [6, 6.07) is 29.8. The number of methoxy groups -OCH3 is 1. The molecule has 0 bridgehead atoms. The van der Waals surface area contributed by atoms with Crippen LogP contribution in [0.1, 0.15) is 27.8 Å². The Morgan fingerprint density at radius 2 is 1.67 bits per heavy atom. The molecule has 39 heavy (non-hydrogen) atoms. The van der Waals surface area contributed by atoms with Crippen molar-refractivity contribution in [1.82, 2.24) is 15.3 Å². The van der Waals surface area contributed by atoms with Crippen molar-refractivity contribution in [2.45, 2.75) is 17.4 Å². The zero-order valence-electron chi connectivity index (χ0n) is 21.5. The minimum atomic E-state index is -3.92. The summed E-state index contributed by atoms with van der Waals surface area (Å²) in [6.07, 6.45) is 0.505. The van der Waals surface area contributed by atoms with Gasteiger partial charge in [-0.2, -0.15) is 0 Å². The molecule has 0 saturated carbocycles. The fourth-order valence-corrected chi connectivity index (χ4v) is 5.57. The second-order valence-corrected chi connectivity index (χ2v) is 11.0. The lowest BCUT2D eigenvalue weighted by molar-refractivity contribution is 0.0934. The van der Waals surface area contributed by atoms with Crippen LogP contribution in [0.2, 0.25) is 0 Å². The number of rotatable bonds is 9. The number of H-pyrrole nitrogens is 1. The van der Waals surface area contributed by atoms with Crippen LogP contribution in [-0.4, -0.2) is 38.5 Å². The number of hydrogen-bond donors (Lipinski definition) is 2. The van der Waals surface area contributed by atoms with Crippen LogP contribution in [0, 0.1) is 0 Å². The first kappa shape index (κ1) is 26.0. The van der Waals surface area contributed by atoms with E-state index in [0.717, 1.165) is 16.6 Å². The number of benzene rings is 4. The number of fused-ring (bicyclic) bond motifs is 1. The van der Waals surface area contributed by atoms with Crippen molar-refractivity contribution in [3.05, 3.63) is 120 Å². The molecule has 0 aliphatic heterocycles. The van der Waals surface area contributed by atoms with Crippen molar-refractivity contribution >= 4 is 32.7 Å². The maximum atomic E-state index is 13.4. The molecule has 1 atom stereocenters. The molecular formula is C30H28N4O4S. The monoisotopic (exact) mass is 540 g/mol. The zero-order chi connectivity index (χ0) is 27.4. The number of hydrogen-bond acceptors (Lipinski definition) is 5. The van der Waals surface area contributed by atoms with Crippen LogP contribution in [0.4, 0.5) is 5.69 Å². The van der Waals surface area contributed by atoms with E-state index in [2.05, 4.69) is 10.3 Å². The van der Waals surface area contributed by atoms with Gasteiger partial charge < -0.3 is 15.0 Å². The number of imidazole rings is 1. The van der Waals surface area contributed by atoms with Gasteiger partial charge in [0.15, 0.2) is 0 Å². The molecular weight excluding hydrogens is 512 g/mol. The van der Waals surface area contributed by atoms with E-state index in [1.807, 2.05) is 54.6 Å². The first-order valence-corrected chi connectivity index (χ1v) is 13.8. The number of anilines is 1. The van der Waals surface area contributed by atoms with E-state index in [9.17, 15) is 13.2 Å². The molecule has 0 saturated heterocycles. The molecule has 0 aliphatic carbocycles. The average Bonchev–Trinajstić information content (AvgIpc) is 3.41. The van der Waals surface area contributed by atoms with Crippen molar-refractivity contribution in [3.63, 3.8) is 0 Å². The van der Waals surface area contributed by atoms with Crippen molar-refractivity contribution in [3.8, 4) is 5.75 Å². The summed E-state index contributed by atoms with van der Waals surface area (Å²) in [7, 11) is -0.900. The molecule has 5 aromatic rings. The van der Waals surface area contributed by atoms with Gasteiger partial charge in [-0.1, -0.05) is 48.5 Å². The Hall–Kier alpha value is -4.63. The normalized spacial score (nSPS) is 12.2. The molecule has 1 heterocycles. The number of amides is 1. The standard InChI is InChI=1S/C30H28N4O4S/c1-34(23-15-17-24(38-2)18-16-23)39(36,37)25-12-8-11-22(20-25)30(35)33-28(19-21-9-4-3-5-10-21)29-31-26-13-6-7-14-27(26)32-29/h3-18,20,28H,19H2,1-2H3,(H,31,32)(H,33,35)/t28-/m0/s1. The fourth-order valence-electron chi connectivity index (χ4n) is 4.33. The SMILES string of the molecule is COc1ccc(N(C)S(=O)(=O)c2cccc(C(=O)N[C@@H](Cc3ccccc3)c3nc4ccccc4[nH]3)c2)cc1. The van der Waals surface area contributed by atoms with Gasteiger partial charge >= 0.3 is 0 Å². The van der Waals surface area contributed by atoms with Crippen LogP contribution in [0.25, 0.3) is 11.0 Å². The first-order valence-electron chi connectivity index (χ1n) is 12.4. The topological polar surface area (TPSA) is 104 Å². The van der Waals surface area contributed by atoms with Crippen molar-refractivity contribution in [2.24, 2.45) is 0 Å². The fraction of sp³-hybridized carbons (Fsp3) is 0.133. The number of nitrogens with one attached hydrogen (secondary N) is 2. The Labute approximate surface area is 227 Å². The van der Waals surface area contributed by atoms with Crippen molar-refractivity contribution in [1.29, 1.82) is 0 Å². The van der Waals surface area contributed by atoms with E-state index in [0.29, 0.717) is 23.7 Å². The van der Waals surface area contributed by atoms with E-state index >= 15 is 0 Å². The predicted octanol–water partition coefficient (Wildman–Crippen LogP) is 5.11. The molecule has 0 aliphatic rings. The summed E-state index contributed by atoms with van der Waals surface area (Å²) in [5, 5.41) is 3.06. The average molecular weight is 541 g/mol. The molecule has 0 fully saturated rings. The molecule has 0 radical (unpaired) electrons. The van der Waals surface area contributed by atoms with Gasteiger partial charge in [0.05, 0.1) is 34.8 Å². The molecule has 0 unspecified atom stereocenters. The van der Waals surface area contributed by atoms with Crippen LogP contribution in [0.15, 0.2) is 108 Å². The second-order valence-electron chi connectivity index (χ2n) is 9.05. The second kappa shape index (κ2) is 11.0. The predicted molar refractivity (Wildman–Crippen MR) is 151 cm³/mol. The summed E-state index contributed by atoms with van der Waals surface area (Å²) in [5.74, 6) is 0.842. The van der Waals surface area contributed by atoms with E-state index in [1.165, 1.54) is 23.5 Å². The van der Waals surface area contributed by atoms with Crippen molar-refractivity contribution < 1.29 is 17.9 Å². The molecule has 8 nitrogen and oxygen atoms in total. The van der Waals surface area contributed by atoms with Gasteiger partial charge in [-0.25, -0.2) is 13.4 Å². The molecule has 2 N–H and O–H groups in total. The lowest BCUT2D eigenvalue weighted by Gasteiger charge is -2.20. The molecule has 1 amide bonds. The minimum Gasteiger partial charge on any atom is -0.497 e. The van der Waals surface area contributed by atoms with E-state index in [1.54, 1.807) is 43.5 Å². The maximum Gasteiger partial charge on any atom is 0.264 e. The largest absolute Gasteiger partial charge is 0.497 e. The number of aromatic amines is 1. The summed E-state index contributed by atoms with van der Waals surface area (Å²) >= 11 is 0. The smallest absolute Gasteiger partial charge is 0.264 e. The molecule has 4 aromatic carbocycles. The highest BCUT2D eigenvalue weighted by atomic mass is 32.2. The Morgan fingerprint density at radius 1 is 0.949 bits per heavy atom. The maximum absolute atomic E-state index is 13.4. The van der Waals surface area contributed by atoms with Gasteiger partial charge in [0.1, 0.15) is 11.6 Å². The highest BCUT2D eigenvalue weighted by Gasteiger charge is 2.24. The van der Waals surface area contributed by atoms with Crippen LogP contribution in [0.5, 0.6) is 5.75 Å². The van der Waals surface area contributed by atoms with Crippen LogP contribution >= 0.6 is 0 Å². The van der Waals surface area contributed by atoms with Gasteiger partial charge in [-0.05, 0) is 66.6 Å². The van der Waals surface area contributed by atoms with Gasteiger partial charge in [-0.3, -0.25) is 9.10 Å². The number of carbonyl (C=O) groups is 1. The zero-order valence-corrected chi connectivity index (χ0v) is 22.4. The van der Waals surface area contributed by atoms with E-state index in [4.69, 9.17) is 9.72 Å². The first-order chi connectivity index (χ1) is 18.8. The number of aromatic nitrogens is 2. The Balaban J connectivity index is 1.42.